The van der Waals surface area contributed by atoms with Gasteiger partial charge in [-0.15, -0.1) is 5.10 Å². The molecule has 0 radical (unpaired) electrons. The van der Waals surface area contributed by atoms with Crippen molar-refractivity contribution in [3.05, 3.63) is 39.8 Å². The molecule has 0 unspecified atom stereocenters. The van der Waals surface area contributed by atoms with Crippen molar-refractivity contribution in [2.24, 2.45) is 11.8 Å². The maximum absolute atomic E-state index is 11.5. The van der Waals surface area contributed by atoms with Crippen LogP contribution in [-0.2, 0) is 6.54 Å². The Kier molecular flexibility index (Phi) is 6.34. The number of halogens is 1. The molecule has 3 N–H and O–H groups in total. The van der Waals surface area contributed by atoms with Gasteiger partial charge in [0.05, 0.1) is 6.61 Å². The molecule has 0 amide bonds. The Morgan fingerprint density at radius 3 is 2.76 bits per heavy atom. The molecule has 1 aromatic carbocycles. The number of nitrogens with one attached hydrogen (secondary N) is 2. The van der Waals surface area contributed by atoms with E-state index in [1.165, 1.54) is 12.8 Å². The van der Waals surface area contributed by atoms with Crippen molar-refractivity contribution in [3.8, 4) is 23.0 Å². The number of fused-ring (bicyclic) bond motifs is 1. The molecule has 1 aliphatic carbocycles. The van der Waals surface area contributed by atoms with Crippen molar-refractivity contribution < 1.29 is 9.52 Å². The SMILES string of the molecule is CC1CCC(Cn2c(NCCO)nc3nc(-c4n[nH]c(=O)o4)nc(-c4cccc(Cl)c4)c32)CC1. The van der Waals surface area contributed by atoms with Crippen LogP contribution in [0.25, 0.3) is 34.1 Å². The number of anilines is 1. The van der Waals surface area contributed by atoms with E-state index in [0.717, 1.165) is 36.4 Å². The second kappa shape index (κ2) is 9.55. The first-order valence-electron chi connectivity index (χ1n) is 11.5. The monoisotopic (exact) mass is 483 g/mol. The summed E-state index contributed by atoms with van der Waals surface area (Å²) in [5, 5.41) is 19.3. The first kappa shape index (κ1) is 22.5. The van der Waals surface area contributed by atoms with E-state index in [-0.39, 0.29) is 18.3 Å². The van der Waals surface area contributed by atoms with Crippen molar-refractivity contribution in [2.75, 3.05) is 18.5 Å². The number of aliphatic hydroxyl groups excluding tert-OH is 1. The third-order valence-electron chi connectivity index (χ3n) is 6.30. The number of benzene rings is 1. The molecular weight excluding hydrogens is 458 g/mol. The maximum atomic E-state index is 11.5. The molecule has 178 valence electrons. The van der Waals surface area contributed by atoms with E-state index in [9.17, 15) is 9.90 Å². The minimum absolute atomic E-state index is 0.0177. The fourth-order valence-electron chi connectivity index (χ4n) is 4.54. The smallest absolute Gasteiger partial charge is 0.395 e. The van der Waals surface area contributed by atoms with Crippen molar-refractivity contribution >= 4 is 28.7 Å². The van der Waals surface area contributed by atoms with Crippen molar-refractivity contribution in [2.45, 2.75) is 39.2 Å². The molecule has 0 bridgehead atoms. The number of hydrogen-bond donors (Lipinski definition) is 3. The van der Waals surface area contributed by atoms with E-state index < -0.39 is 5.76 Å². The fourth-order valence-corrected chi connectivity index (χ4v) is 4.73. The van der Waals surface area contributed by atoms with Gasteiger partial charge in [-0.1, -0.05) is 43.5 Å². The Balaban J connectivity index is 1.70. The van der Waals surface area contributed by atoms with Crippen molar-refractivity contribution in [3.63, 3.8) is 0 Å². The van der Waals surface area contributed by atoms with Gasteiger partial charge in [-0.3, -0.25) is 0 Å². The van der Waals surface area contributed by atoms with Crippen LogP contribution >= 0.6 is 11.6 Å². The molecule has 3 aromatic heterocycles. The van der Waals surface area contributed by atoms with Crippen LogP contribution in [0.2, 0.25) is 5.02 Å². The van der Waals surface area contributed by atoms with Crippen LogP contribution in [0.5, 0.6) is 0 Å². The van der Waals surface area contributed by atoms with Crippen LogP contribution in [0.1, 0.15) is 32.6 Å². The number of hydrogen-bond acceptors (Lipinski definition) is 8. The standard InChI is InChI=1S/C23H26ClN7O3/c1-13-5-7-14(8-6-13)12-31-18-17(15-3-2-4-16(24)11-15)26-20(21-29-30-23(33)34-21)27-19(18)28-22(31)25-9-10-32/h2-4,11,13-14,32H,5-10,12H2,1H3,(H,30,33)(H,25,26,27,28). The molecule has 3 heterocycles. The number of aromatic amines is 1. The van der Waals surface area contributed by atoms with E-state index in [2.05, 4.69) is 32.0 Å². The lowest BCUT2D eigenvalue weighted by Gasteiger charge is -2.27. The van der Waals surface area contributed by atoms with Gasteiger partial charge >= 0.3 is 5.76 Å². The molecule has 1 fully saturated rings. The summed E-state index contributed by atoms with van der Waals surface area (Å²) in [5.41, 5.74) is 2.59. The zero-order valence-electron chi connectivity index (χ0n) is 18.8. The summed E-state index contributed by atoms with van der Waals surface area (Å²) < 4.78 is 7.21. The highest BCUT2D eigenvalue weighted by Gasteiger charge is 2.25. The summed E-state index contributed by atoms with van der Waals surface area (Å²) in [6.45, 7) is 3.38. The Bertz CT molecular complexity index is 1350. The van der Waals surface area contributed by atoms with E-state index in [1.807, 2.05) is 18.2 Å². The minimum atomic E-state index is -0.689. The molecule has 0 atom stereocenters. The first-order valence-corrected chi connectivity index (χ1v) is 11.8. The highest BCUT2D eigenvalue weighted by atomic mass is 35.5. The van der Waals surface area contributed by atoms with Crippen LogP contribution in [-0.4, -0.2) is 48.0 Å². The number of aliphatic hydroxyl groups is 1. The molecule has 0 saturated heterocycles. The second-order valence-corrected chi connectivity index (χ2v) is 9.26. The highest BCUT2D eigenvalue weighted by Crippen LogP contribution is 2.35. The van der Waals surface area contributed by atoms with E-state index in [4.69, 9.17) is 26.0 Å². The van der Waals surface area contributed by atoms with Crippen LogP contribution in [0, 0.1) is 11.8 Å². The molecule has 0 aliphatic heterocycles. The quantitative estimate of drug-likeness (QED) is 0.362. The topological polar surface area (TPSA) is 135 Å². The van der Waals surface area contributed by atoms with Gasteiger partial charge in [0.15, 0.2) is 5.65 Å². The molecule has 1 aliphatic rings. The summed E-state index contributed by atoms with van der Waals surface area (Å²) in [6.07, 6.45) is 4.70. The van der Waals surface area contributed by atoms with Crippen molar-refractivity contribution in [1.29, 1.82) is 0 Å². The number of nitrogens with zero attached hydrogens (tertiary/aromatic N) is 5. The van der Waals surface area contributed by atoms with Gasteiger partial charge < -0.3 is 19.4 Å². The normalized spacial score (nSPS) is 18.4. The number of H-pyrrole nitrogens is 1. The molecule has 10 nitrogen and oxygen atoms in total. The zero-order valence-corrected chi connectivity index (χ0v) is 19.5. The molecule has 5 rings (SSSR count). The number of imidazole rings is 1. The lowest BCUT2D eigenvalue weighted by atomic mass is 9.83. The number of rotatable bonds is 7. The predicted octanol–water partition coefficient (Wildman–Crippen LogP) is 3.72. The molecular formula is C23H26ClN7O3. The van der Waals surface area contributed by atoms with E-state index in [1.54, 1.807) is 6.07 Å². The number of aromatic nitrogens is 6. The van der Waals surface area contributed by atoms with Crippen LogP contribution in [0.3, 0.4) is 0 Å². The van der Waals surface area contributed by atoms with Crippen LogP contribution < -0.4 is 11.1 Å². The third-order valence-corrected chi connectivity index (χ3v) is 6.54. The van der Waals surface area contributed by atoms with Gasteiger partial charge in [-0.2, -0.15) is 4.98 Å². The van der Waals surface area contributed by atoms with Gasteiger partial charge in [-0.25, -0.2) is 19.9 Å². The van der Waals surface area contributed by atoms with Gasteiger partial charge in [0.2, 0.25) is 11.8 Å². The highest BCUT2D eigenvalue weighted by molar-refractivity contribution is 6.30. The zero-order chi connectivity index (χ0) is 23.7. The summed E-state index contributed by atoms with van der Waals surface area (Å²) in [6, 6.07) is 7.40. The van der Waals surface area contributed by atoms with E-state index >= 15 is 0 Å². The predicted molar refractivity (Wildman–Crippen MR) is 129 cm³/mol. The molecule has 1 saturated carbocycles. The molecule has 0 spiro atoms. The Hall–Kier alpha value is -3.24. The van der Waals surface area contributed by atoms with Crippen molar-refractivity contribution in [1.82, 2.24) is 29.7 Å². The van der Waals surface area contributed by atoms with Gasteiger partial charge in [0, 0.05) is 23.7 Å². The Labute approximate surface area is 200 Å². The summed E-state index contributed by atoms with van der Waals surface area (Å²) in [4.78, 5) is 25.6. The molecule has 11 heteroatoms. The van der Waals surface area contributed by atoms with Gasteiger partial charge in [0.1, 0.15) is 11.2 Å². The third kappa shape index (κ3) is 4.55. The fraction of sp³-hybridized carbons (Fsp3) is 0.435. The summed E-state index contributed by atoms with van der Waals surface area (Å²) in [5.74, 6) is 1.30. The average Bonchev–Trinajstić information content (AvgIpc) is 3.42. The van der Waals surface area contributed by atoms with Gasteiger partial charge in [0.25, 0.3) is 5.89 Å². The lowest BCUT2D eigenvalue weighted by molar-refractivity contribution is 0.267. The Morgan fingerprint density at radius 2 is 2.06 bits per heavy atom. The summed E-state index contributed by atoms with van der Waals surface area (Å²) in [7, 11) is 0. The first-order chi connectivity index (χ1) is 16.5. The maximum Gasteiger partial charge on any atom is 0.434 e. The van der Waals surface area contributed by atoms with Gasteiger partial charge in [-0.05, 0) is 36.8 Å². The van der Waals surface area contributed by atoms with Crippen LogP contribution in [0.15, 0.2) is 33.5 Å². The molecule has 4 aromatic rings. The van der Waals surface area contributed by atoms with Crippen LogP contribution in [0.4, 0.5) is 5.95 Å². The lowest BCUT2D eigenvalue weighted by Crippen LogP contribution is -2.20. The largest absolute Gasteiger partial charge is 0.434 e. The van der Waals surface area contributed by atoms with E-state index in [0.29, 0.717) is 34.8 Å². The average molecular weight is 484 g/mol. The minimum Gasteiger partial charge on any atom is -0.395 e. The summed E-state index contributed by atoms with van der Waals surface area (Å²) >= 11 is 6.31. The second-order valence-electron chi connectivity index (χ2n) is 8.82. The Morgan fingerprint density at radius 1 is 1.24 bits per heavy atom. The molecule has 34 heavy (non-hydrogen) atoms.